The van der Waals surface area contributed by atoms with Crippen LogP contribution in [0.4, 0.5) is 0 Å². The lowest BCUT2D eigenvalue weighted by Gasteiger charge is -2.10. The van der Waals surface area contributed by atoms with Crippen molar-refractivity contribution in [1.29, 1.82) is 0 Å². The topological polar surface area (TPSA) is 65.4 Å². The molecule has 2 aromatic carbocycles. The van der Waals surface area contributed by atoms with Crippen LogP contribution in [0.3, 0.4) is 0 Å². The highest BCUT2D eigenvalue weighted by Gasteiger charge is 2.20. The Morgan fingerprint density at radius 2 is 2.10 bits per heavy atom. The van der Waals surface area contributed by atoms with Crippen LogP contribution in [0.15, 0.2) is 60.8 Å². The fourth-order valence-corrected chi connectivity index (χ4v) is 3.74. The number of amides is 1. The maximum Gasteiger partial charge on any atom is 0.255 e. The van der Waals surface area contributed by atoms with E-state index < -0.39 is 0 Å². The van der Waals surface area contributed by atoms with Gasteiger partial charge in [-0.2, -0.15) is 5.10 Å². The highest BCUT2D eigenvalue weighted by Crippen LogP contribution is 2.26. The number of carbonyl (C=O) groups is 1. The Balaban J connectivity index is 1.56. The van der Waals surface area contributed by atoms with Crippen molar-refractivity contribution in [3.63, 3.8) is 0 Å². The predicted molar refractivity (Wildman–Crippen MR) is 116 cm³/mol. The molecule has 1 N–H and O–H groups in total. The minimum absolute atomic E-state index is 0.120. The van der Waals surface area contributed by atoms with Crippen LogP contribution in [-0.2, 0) is 11.3 Å². The molecule has 1 aromatic heterocycles. The number of aromatic nitrogens is 2. The third-order valence-electron chi connectivity index (χ3n) is 5.31. The molecule has 0 aliphatic carbocycles. The molecule has 1 saturated heterocycles. The summed E-state index contributed by atoms with van der Waals surface area (Å²) >= 11 is 0. The Hall–Kier alpha value is -3.12. The molecule has 1 aliphatic rings. The first-order valence-corrected chi connectivity index (χ1v) is 10.4. The van der Waals surface area contributed by atoms with Gasteiger partial charge in [0.05, 0.1) is 25.3 Å². The number of hydrogen-bond acceptors (Lipinski definition) is 4. The van der Waals surface area contributed by atoms with Gasteiger partial charge in [-0.05, 0) is 37.0 Å². The zero-order chi connectivity index (χ0) is 20.8. The molecule has 0 bridgehead atoms. The molecule has 0 radical (unpaired) electrons. The number of methoxy groups -OCH3 is 1. The van der Waals surface area contributed by atoms with E-state index in [1.54, 1.807) is 7.11 Å². The third-order valence-corrected chi connectivity index (χ3v) is 5.31. The van der Waals surface area contributed by atoms with Crippen LogP contribution in [0.25, 0.3) is 11.3 Å². The number of nitrogens with one attached hydrogen (secondary N) is 1. The molecule has 3 aromatic rings. The van der Waals surface area contributed by atoms with E-state index in [4.69, 9.17) is 14.6 Å². The second-order valence-corrected chi connectivity index (χ2v) is 7.49. The minimum Gasteiger partial charge on any atom is -0.497 e. The Bertz CT molecular complexity index is 978. The van der Waals surface area contributed by atoms with Crippen molar-refractivity contribution in [2.75, 3.05) is 20.3 Å². The highest BCUT2D eigenvalue weighted by molar-refractivity contribution is 5.99. The Morgan fingerprint density at radius 1 is 1.23 bits per heavy atom. The first-order valence-electron chi connectivity index (χ1n) is 10.4. The highest BCUT2D eigenvalue weighted by atomic mass is 16.5. The summed E-state index contributed by atoms with van der Waals surface area (Å²) in [6, 6.07) is 17.7. The molecule has 0 saturated carbocycles. The van der Waals surface area contributed by atoms with Crippen LogP contribution >= 0.6 is 0 Å². The molecule has 1 unspecified atom stereocenters. The van der Waals surface area contributed by atoms with E-state index in [1.807, 2.05) is 65.5 Å². The van der Waals surface area contributed by atoms with Crippen molar-refractivity contribution in [3.8, 4) is 17.0 Å². The summed E-state index contributed by atoms with van der Waals surface area (Å²) in [6.07, 6.45) is 5.08. The molecule has 1 aliphatic heterocycles. The van der Waals surface area contributed by atoms with Crippen LogP contribution in [0, 0.1) is 0 Å². The SMILES string of the molecule is COc1cccc(-c2nn(Cc3ccccc3)cc2C(=O)NCCC2CCCO2)c1. The van der Waals surface area contributed by atoms with E-state index in [2.05, 4.69) is 5.32 Å². The Labute approximate surface area is 176 Å². The molecule has 1 amide bonds. The van der Waals surface area contributed by atoms with Gasteiger partial charge in [0.25, 0.3) is 5.91 Å². The summed E-state index contributed by atoms with van der Waals surface area (Å²) in [6.45, 7) is 2.01. The summed E-state index contributed by atoms with van der Waals surface area (Å²) in [5.74, 6) is 0.611. The zero-order valence-electron chi connectivity index (χ0n) is 17.2. The van der Waals surface area contributed by atoms with Crippen LogP contribution in [0.1, 0.15) is 35.2 Å². The van der Waals surface area contributed by atoms with Crippen molar-refractivity contribution in [2.24, 2.45) is 0 Å². The lowest BCUT2D eigenvalue weighted by Crippen LogP contribution is -2.27. The van der Waals surface area contributed by atoms with Crippen molar-refractivity contribution >= 4 is 5.91 Å². The van der Waals surface area contributed by atoms with Crippen LogP contribution in [-0.4, -0.2) is 42.1 Å². The number of rotatable bonds is 8. The molecule has 0 spiro atoms. The van der Waals surface area contributed by atoms with Gasteiger partial charge < -0.3 is 14.8 Å². The van der Waals surface area contributed by atoms with E-state index in [9.17, 15) is 4.79 Å². The summed E-state index contributed by atoms with van der Waals surface area (Å²) in [5, 5.41) is 7.77. The first kappa shape index (κ1) is 20.2. The number of hydrogen-bond donors (Lipinski definition) is 1. The maximum absolute atomic E-state index is 13.0. The second kappa shape index (κ2) is 9.59. The largest absolute Gasteiger partial charge is 0.497 e. The zero-order valence-corrected chi connectivity index (χ0v) is 17.2. The van der Waals surface area contributed by atoms with Crippen LogP contribution in [0.5, 0.6) is 5.75 Å². The molecule has 6 nitrogen and oxygen atoms in total. The lowest BCUT2D eigenvalue weighted by atomic mass is 10.1. The van der Waals surface area contributed by atoms with Gasteiger partial charge in [0.15, 0.2) is 0 Å². The molecule has 4 rings (SSSR count). The fraction of sp³-hybridized carbons (Fsp3) is 0.333. The molecule has 1 atom stereocenters. The van der Waals surface area contributed by atoms with Crippen molar-refractivity contribution < 1.29 is 14.3 Å². The normalized spacial score (nSPS) is 15.8. The molecular formula is C24H27N3O3. The number of nitrogens with zero attached hydrogens (tertiary/aromatic N) is 2. The quantitative estimate of drug-likeness (QED) is 0.617. The maximum atomic E-state index is 13.0. The van der Waals surface area contributed by atoms with Gasteiger partial charge >= 0.3 is 0 Å². The smallest absolute Gasteiger partial charge is 0.255 e. The van der Waals surface area contributed by atoms with Gasteiger partial charge in [-0.3, -0.25) is 9.48 Å². The Kier molecular flexibility index (Phi) is 6.44. The number of ether oxygens (including phenoxy) is 2. The van der Waals surface area contributed by atoms with Gasteiger partial charge in [0.2, 0.25) is 0 Å². The van der Waals surface area contributed by atoms with Crippen LogP contribution in [0.2, 0.25) is 0 Å². The lowest BCUT2D eigenvalue weighted by molar-refractivity contribution is 0.0907. The molecule has 2 heterocycles. The molecule has 6 heteroatoms. The van der Waals surface area contributed by atoms with Crippen molar-refractivity contribution in [2.45, 2.75) is 31.9 Å². The van der Waals surface area contributed by atoms with E-state index in [0.29, 0.717) is 24.3 Å². The van der Waals surface area contributed by atoms with E-state index in [1.165, 1.54) is 0 Å². The van der Waals surface area contributed by atoms with Crippen molar-refractivity contribution in [3.05, 3.63) is 71.9 Å². The predicted octanol–water partition coefficient (Wildman–Crippen LogP) is 3.91. The second-order valence-electron chi connectivity index (χ2n) is 7.49. The summed E-state index contributed by atoms with van der Waals surface area (Å²) in [7, 11) is 1.63. The minimum atomic E-state index is -0.120. The molecular weight excluding hydrogens is 378 g/mol. The summed E-state index contributed by atoms with van der Waals surface area (Å²) in [5.41, 5.74) is 3.19. The monoisotopic (exact) mass is 405 g/mol. The van der Waals surface area contributed by atoms with Gasteiger partial charge in [0, 0.05) is 24.9 Å². The van der Waals surface area contributed by atoms with Gasteiger partial charge in [-0.25, -0.2) is 0 Å². The standard InChI is InChI=1S/C24H27N3O3/c1-29-21-10-5-9-19(15-21)23-22(24(28)25-13-12-20-11-6-14-30-20)17-27(26-23)16-18-7-3-2-4-8-18/h2-5,7-10,15,17,20H,6,11-14,16H2,1H3,(H,25,28). The molecule has 156 valence electrons. The number of benzene rings is 2. The number of carbonyl (C=O) groups excluding carboxylic acids is 1. The van der Waals surface area contributed by atoms with Gasteiger partial charge in [-0.1, -0.05) is 42.5 Å². The average molecular weight is 405 g/mol. The van der Waals surface area contributed by atoms with E-state index >= 15 is 0 Å². The third kappa shape index (κ3) is 4.89. The first-order chi connectivity index (χ1) is 14.7. The van der Waals surface area contributed by atoms with E-state index in [0.717, 1.165) is 42.7 Å². The Morgan fingerprint density at radius 3 is 2.87 bits per heavy atom. The van der Waals surface area contributed by atoms with E-state index in [-0.39, 0.29) is 12.0 Å². The molecule has 30 heavy (non-hydrogen) atoms. The van der Waals surface area contributed by atoms with Gasteiger partial charge in [-0.15, -0.1) is 0 Å². The van der Waals surface area contributed by atoms with Gasteiger partial charge in [0.1, 0.15) is 11.4 Å². The molecule has 1 fully saturated rings. The summed E-state index contributed by atoms with van der Waals surface area (Å²) < 4.78 is 12.8. The van der Waals surface area contributed by atoms with Crippen molar-refractivity contribution in [1.82, 2.24) is 15.1 Å². The summed E-state index contributed by atoms with van der Waals surface area (Å²) in [4.78, 5) is 13.0. The fourth-order valence-electron chi connectivity index (χ4n) is 3.74. The van der Waals surface area contributed by atoms with Crippen LogP contribution < -0.4 is 10.1 Å². The average Bonchev–Trinajstić information content (AvgIpc) is 3.45.